The molecular weight excluding hydrogens is 468 g/mol. The van der Waals surface area contributed by atoms with Crippen LogP contribution in [0.5, 0.6) is 0 Å². The van der Waals surface area contributed by atoms with Gasteiger partial charge in [0.2, 0.25) is 0 Å². The molecule has 0 atom stereocenters. The summed E-state index contributed by atoms with van der Waals surface area (Å²) in [7, 11) is 0. The van der Waals surface area contributed by atoms with Gasteiger partial charge in [0.05, 0.1) is 35.1 Å². The van der Waals surface area contributed by atoms with Crippen LogP contribution in [0.1, 0.15) is 22.8 Å². The van der Waals surface area contributed by atoms with Gasteiger partial charge in [-0.2, -0.15) is 10.4 Å². The molecule has 0 bridgehead atoms. The highest BCUT2D eigenvalue weighted by Gasteiger charge is 2.27. The minimum atomic E-state index is -0.998. The fourth-order valence-electron chi connectivity index (χ4n) is 4.35. The smallest absolute Gasteiger partial charge is 0.341 e. The van der Waals surface area contributed by atoms with Crippen molar-refractivity contribution in [3.8, 4) is 11.8 Å². The van der Waals surface area contributed by atoms with Gasteiger partial charge in [0.25, 0.3) is 0 Å². The second-order valence-electron chi connectivity index (χ2n) is 8.09. The summed E-state index contributed by atoms with van der Waals surface area (Å²) in [6.45, 7) is 4.12. The van der Waals surface area contributed by atoms with Gasteiger partial charge in [-0.25, -0.2) is 28.2 Å². The van der Waals surface area contributed by atoms with Gasteiger partial charge in [0.1, 0.15) is 17.5 Å². The maximum absolute atomic E-state index is 13.9. The number of nitriles is 1. The summed E-state index contributed by atoms with van der Waals surface area (Å²) >= 11 is 0. The van der Waals surface area contributed by atoms with Crippen molar-refractivity contribution in [1.29, 1.82) is 5.26 Å². The molecule has 3 aromatic heterocycles. The number of halogens is 2. The van der Waals surface area contributed by atoms with Gasteiger partial charge in [-0.15, -0.1) is 0 Å². The van der Waals surface area contributed by atoms with Gasteiger partial charge in [0, 0.05) is 44.6 Å². The number of anilines is 2. The first-order valence-corrected chi connectivity index (χ1v) is 11.4. The molecule has 1 aliphatic rings. The predicted octanol–water partition coefficient (Wildman–Crippen LogP) is 3.47. The summed E-state index contributed by atoms with van der Waals surface area (Å²) in [5, 5.41) is 14.4. The summed E-state index contributed by atoms with van der Waals surface area (Å²) in [5.41, 5.74) is 2.09. The van der Waals surface area contributed by atoms with Crippen LogP contribution < -0.4 is 9.80 Å². The normalized spacial score (nSPS) is 13.6. The number of benzene rings is 1. The summed E-state index contributed by atoms with van der Waals surface area (Å²) < 4.78 is 34.0. The molecule has 4 heterocycles. The number of aromatic nitrogens is 4. The van der Waals surface area contributed by atoms with Crippen LogP contribution in [-0.4, -0.2) is 58.5 Å². The Morgan fingerprint density at radius 3 is 2.58 bits per heavy atom. The average molecular weight is 489 g/mol. The molecule has 0 amide bonds. The van der Waals surface area contributed by atoms with Gasteiger partial charge in [-0.1, -0.05) is 0 Å². The van der Waals surface area contributed by atoms with E-state index in [-0.39, 0.29) is 12.2 Å². The number of hydrogen-bond acceptors (Lipinski definition) is 8. The van der Waals surface area contributed by atoms with Crippen molar-refractivity contribution >= 4 is 28.5 Å². The van der Waals surface area contributed by atoms with Crippen molar-refractivity contribution in [3.63, 3.8) is 0 Å². The molecule has 36 heavy (non-hydrogen) atoms. The van der Waals surface area contributed by atoms with Gasteiger partial charge in [-0.05, 0) is 31.2 Å². The number of carbonyl (C=O) groups is 1. The number of hydrogen-bond donors (Lipinski definition) is 0. The standard InChI is InChI=1S/C25H21F2N7O2/c1-2-36-25(35)19-14-30-24-18(15-31-34(24)17-5-6-20(26)21(27)12-17)22(19)32-8-10-33(11-9-32)23-16(13-28)4-3-7-29-23/h3-7,12,14-15H,2,8-11H2,1H3. The van der Waals surface area contributed by atoms with Crippen LogP contribution in [-0.2, 0) is 4.74 Å². The molecule has 1 aliphatic heterocycles. The van der Waals surface area contributed by atoms with E-state index in [1.807, 2.05) is 9.80 Å². The van der Waals surface area contributed by atoms with Crippen molar-refractivity contribution in [3.05, 3.63) is 71.7 Å². The summed E-state index contributed by atoms with van der Waals surface area (Å²) in [5.74, 6) is -1.85. The molecule has 4 aromatic rings. The number of carbonyl (C=O) groups excluding carboxylic acids is 1. The first-order valence-electron chi connectivity index (χ1n) is 11.4. The molecule has 0 saturated carbocycles. The Morgan fingerprint density at radius 2 is 1.86 bits per heavy atom. The SMILES string of the molecule is CCOC(=O)c1cnc2c(cnn2-c2ccc(F)c(F)c2)c1N1CCN(c2ncccc2C#N)CC1. The second kappa shape index (κ2) is 9.58. The van der Waals surface area contributed by atoms with E-state index in [0.29, 0.717) is 60.0 Å². The van der Waals surface area contributed by atoms with E-state index in [1.54, 1.807) is 31.5 Å². The number of ether oxygens (including phenoxy) is 1. The Labute approximate surface area is 205 Å². The van der Waals surface area contributed by atoms with E-state index < -0.39 is 17.6 Å². The Bertz CT molecular complexity index is 1490. The lowest BCUT2D eigenvalue weighted by Gasteiger charge is -2.37. The van der Waals surface area contributed by atoms with E-state index in [4.69, 9.17) is 4.74 Å². The third-order valence-electron chi connectivity index (χ3n) is 6.02. The van der Waals surface area contributed by atoms with Crippen molar-refractivity contribution in [1.82, 2.24) is 19.7 Å². The number of nitrogens with zero attached hydrogens (tertiary/aromatic N) is 7. The summed E-state index contributed by atoms with van der Waals surface area (Å²) in [6.07, 6.45) is 4.63. The Morgan fingerprint density at radius 1 is 1.08 bits per heavy atom. The lowest BCUT2D eigenvalue weighted by atomic mass is 10.1. The van der Waals surface area contributed by atoms with E-state index in [0.717, 1.165) is 12.1 Å². The van der Waals surface area contributed by atoms with Gasteiger partial charge in [-0.3, -0.25) is 0 Å². The quantitative estimate of drug-likeness (QED) is 0.393. The lowest BCUT2D eigenvalue weighted by Crippen LogP contribution is -2.47. The third kappa shape index (κ3) is 4.07. The number of esters is 1. The molecular formula is C25H21F2N7O2. The van der Waals surface area contributed by atoms with Gasteiger partial charge >= 0.3 is 5.97 Å². The number of pyridine rings is 2. The van der Waals surface area contributed by atoms with Gasteiger partial charge < -0.3 is 14.5 Å². The molecule has 182 valence electrons. The molecule has 9 nitrogen and oxygen atoms in total. The molecule has 1 saturated heterocycles. The Hall–Kier alpha value is -4.59. The Balaban J connectivity index is 1.54. The number of fused-ring (bicyclic) bond motifs is 1. The van der Waals surface area contributed by atoms with Crippen molar-refractivity contribution in [2.75, 3.05) is 42.6 Å². The number of piperazine rings is 1. The highest BCUT2D eigenvalue weighted by molar-refractivity contribution is 6.04. The fraction of sp³-hybridized carbons (Fsp3) is 0.240. The Kier molecular flexibility index (Phi) is 6.16. The monoisotopic (exact) mass is 489 g/mol. The van der Waals surface area contributed by atoms with Crippen LogP contribution in [0.25, 0.3) is 16.7 Å². The summed E-state index contributed by atoms with van der Waals surface area (Å²) in [6, 6.07) is 9.10. The minimum absolute atomic E-state index is 0.203. The van der Waals surface area contributed by atoms with E-state index in [2.05, 4.69) is 21.1 Å². The van der Waals surface area contributed by atoms with Crippen LogP contribution in [0.3, 0.4) is 0 Å². The van der Waals surface area contributed by atoms with E-state index in [9.17, 15) is 18.8 Å². The summed E-state index contributed by atoms with van der Waals surface area (Å²) in [4.78, 5) is 25.7. The highest BCUT2D eigenvalue weighted by atomic mass is 19.2. The lowest BCUT2D eigenvalue weighted by molar-refractivity contribution is 0.0526. The van der Waals surface area contributed by atoms with Crippen LogP contribution in [0.2, 0.25) is 0 Å². The molecule has 0 spiro atoms. The molecule has 0 unspecified atom stereocenters. The zero-order chi connectivity index (χ0) is 25.2. The largest absolute Gasteiger partial charge is 0.462 e. The van der Waals surface area contributed by atoms with Crippen LogP contribution in [0.15, 0.2) is 48.9 Å². The van der Waals surface area contributed by atoms with Gasteiger partial charge in [0.15, 0.2) is 17.3 Å². The zero-order valence-corrected chi connectivity index (χ0v) is 19.4. The molecule has 0 aliphatic carbocycles. The first kappa shape index (κ1) is 23.2. The molecule has 5 rings (SSSR count). The van der Waals surface area contributed by atoms with Crippen molar-refractivity contribution < 1.29 is 18.3 Å². The van der Waals surface area contributed by atoms with Crippen LogP contribution >= 0.6 is 0 Å². The maximum Gasteiger partial charge on any atom is 0.341 e. The average Bonchev–Trinajstić information content (AvgIpc) is 3.34. The molecule has 0 radical (unpaired) electrons. The van der Waals surface area contributed by atoms with E-state index in [1.165, 1.54) is 16.9 Å². The molecule has 1 fully saturated rings. The topological polar surface area (TPSA) is 100 Å². The maximum atomic E-state index is 13.9. The van der Waals surface area contributed by atoms with E-state index >= 15 is 0 Å². The van der Waals surface area contributed by atoms with Crippen LogP contribution in [0.4, 0.5) is 20.3 Å². The number of rotatable bonds is 5. The second-order valence-corrected chi connectivity index (χ2v) is 8.09. The first-order chi connectivity index (χ1) is 17.5. The molecule has 1 aromatic carbocycles. The zero-order valence-electron chi connectivity index (χ0n) is 19.4. The predicted molar refractivity (Wildman–Crippen MR) is 128 cm³/mol. The minimum Gasteiger partial charge on any atom is -0.462 e. The highest BCUT2D eigenvalue weighted by Crippen LogP contribution is 2.33. The molecule has 11 heteroatoms. The van der Waals surface area contributed by atoms with Crippen molar-refractivity contribution in [2.24, 2.45) is 0 Å². The van der Waals surface area contributed by atoms with Crippen molar-refractivity contribution in [2.45, 2.75) is 6.92 Å². The third-order valence-corrected chi connectivity index (χ3v) is 6.02. The van der Waals surface area contributed by atoms with Crippen LogP contribution in [0, 0.1) is 23.0 Å². The molecule has 0 N–H and O–H groups in total. The fourth-order valence-corrected chi connectivity index (χ4v) is 4.35.